The molecule has 1 aromatic heterocycles. The van der Waals surface area contributed by atoms with Crippen molar-refractivity contribution in [2.45, 2.75) is 71.8 Å². The summed E-state index contributed by atoms with van der Waals surface area (Å²) < 4.78 is 0. The van der Waals surface area contributed by atoms with Gasteiger partial charge in [-0.15, -0.1) is 0 Å². The fourth-order valence-corrected chi connectivity index (χ4v) is 5.86. The lowest BCUT2D eigenvalue weighted by Gasteiger charge is -2.39. The molecule has 1 aliphatic carbocycles. The SMILES string of the molecule is CC1(C)CC2CC(C)(CN2C(=O)c2ccc(N3CCCCCC3)nc2)C1. The molecule has 0 aromatic carbocycles. The minimum absolute atomic E-state index is 0.173. The maximum Gasteiger partial charge on any atom is 0.255 e. The van der Waals surface area contributed by atoms with E-state index in [1.54, 1.807) is 6.20 Å². The number of pyridine rings is 1. The molecule has 4 nitrogen and oxygen atoms in total. The molecule has 142 valence electrons. The van der Waals surface area contributed by atoms with Crippen LogP contribution in [0.1, 0.15) is 76.1 Å². The molecule has 2 bridgehead atoms. The van der Waals surface area contributed by atoms with Crippen LogP contribution in [0.15, 0.2) is 18.3 Å². The molecule has 2 unspecified atom stereocenters. The van der Waals surface area contributed by atoms with Crippen LogP contribution in [0.3, 0.4) is 0 Å². The quantitative estimate of drug-likeness (QED) is 0.783. The number of fused-ring (bicyclic) bond motifs is 2. The van der Waals surface area contributed by atoms with E-state index in [-0.39, 0.29) is 11.3 Å². The van der Waals surface area contributed by atoms with Gasteiger partial charge in [0.1, 0.15) is 5.82 Å². The van der Waals surface area contributed by atoms with Crippen molar-refractivity contribution < 1.29 is 4.79 Å². The smallest absolute Gasteiger partial charge is 0.255 e. The van der Waals surface area contributed by atoms with Gasteiger partial charge in [0.05, 0.1) is 5.56 Å². The first-order valence-corrected chi connectivity index (χ1v) is 10.4. The molecule has 4 heteroatoms. The Bertz CT molecular complexity index is 660. The zero-order valence-electron chi connectivity index (χ0n) is 16.6. The van der Waals surface area contributed by atoms with E-state index in [0.29, 0.717) is 11.5 Å². The van der Waals surface area contributed by atoms with Gasteiger partial charge in [-0.3, -0.25) is 4.79 Å². The van der Waals surface area contributed by atoms with E-state index < -0.39 is 0 Å². The zero-order valence-corrected chi connectivity index (χ0v) is 16.6. The Hall–Kier alpha value is -1.58. The monoisotopic (exact) mass is 355 g/mol. The van der Waals surface area contributed by atoms with Crippen LogP contribution in [0.25, 0.3) is 0 Å². The van der Waals surface area contributed by atoms with Gasteiger partial charge in [0.2, 0.25) is 0 Å². The van der Waals surface area contributed by atoms with Crippen molar-refractivity contribution in [3.8, 4) is 0 Å². The van der Waals surface area contributed by atoms with Crippen molar-refractivity contribution in [1.29, 1.82) is 0 Å². The summed E-state index contributed by atoms with van der Waals surface area (Å²) in [6, 6.07) is 4.43. The summed E-state index contributed by atoms with van der Waals surface area (Å²) in [5.41, 5.74) is 1.36. The maximum absolute atomic E-state index is 13.2. The molecule has 0 radical (unpaired) electrons. The molecule has 1 saturated carbocycles. The molecule has 2 aliphatic heterocycles. The van der Waals surface area contributed by atoms with Crippen molar-refractivity contribution in [2.75, 3.05) is 24.5 Å². The molecule has 0 spiro atoms. The lowest BCUT2D eigenvalue weighted by atomic mass is 9.65. The average Bonchev–Trinajstić information content (AvgIpc) is 2.77. The molecule has 26 heavy (non-hydrogen) atoms. The fraction of sp³-hybridized carbons (Fsp3) is 0.727. The van der Waals surface area contributed by atoms with E-state index in [1.165, 1.54) is 32.1 Å². The summed E-state index contributed by atoms with van der Waals surface area (Å²) in [5.74, 6) is 1.20. The van der Waals surface area contributed by atoms with Crippen LogP contribution in [0, 0.1) is 10.8 Å². The average molecular weight is 356 g/mol. The number of nitrogens with zero attached hydrogens (tertiary/aromatic N) is 3. The predicted molar refractivity (Wildman–Crippen MR) is 105 cm³/mol. The Labute approximate surface area is 158 Å². The molecule has 3 aliphatic rings. The first kappa shape index (κ1) is 17.8. The Kier molecular flexibility index (Phi) is 4.48. The summed E-state index contributed by atoms with van der Waals surface area (Å²) >= 11 is 0. The highest BCUT2D eigenvalue weighted by molar-refractivity contribution is 5.94. The number of likely N-dealkylation sites (tertiary alicyclic amines) is 1. The summed E-state index contributed by atoms with van der Waals surface area (Å²) in [7, 11) is 0. The summed E-state index contributed by atoms with van der Waals surface area (Å²) in [6.45, 7) is 10.1. The molecule has 1 amide bonds. The fourth-order valence-electron chi connectivity index (χ4n) is 5.86. The topological polar surface area (TPSA) is 36.4 Å². The van der Waals surface area contributed by atoms with Gasteiger partial charge in [-0.05, 0) is 55.1 Å². The minimum Gasteiger partial charge on any atom is -0.357 e. The zero-order chi connectivity index (χ0) is 18.4. The molecule has 2 atom stereocenters. The van der Waals surface area contributed by atoms with Crippen LogP contribution in [-0.2, 0) is 0 Å². The molecule has 2 saturated heterocycles. The third kappa shape index (κ3) is 3.47. The summed E-state index contributed by atoms with van der Waals surface area (Å²) in [6.07, 6.45) is 10.4. The second-order valence-corrected chi connectivity index (χ2v) is 9.95. The first-order chi connectivity index (χ1) is 12.4. The van der Waals surface area contributed by atoms with Crippen LogP contribution in [-0.4, -0.2) is 41.5 Å². The number of hydrogen-bond donors (Lipinski definition) is 0. The van der Waals surface area contributed by atoms with E-state index in [1.807, 2.05) is 12.1 Å². The summed E-state index contributed by atoms with van der Waals surface area (Å²) in [4.78, 5) is 22.3. The highest BCUT2D eigenvalue weighted by atomic mass is 16.2. The third-order valence-electron chi connectivity index (χ3n) is 6.60. The number of hydrogen-bond acceptors (Lipinski definition) is 3. The maximum atomic E-state index is 13.2. The lowest BCUT2D eigenvalue weighted by molar-refractivity contribution is 0.0708. The van der Waals surface area contributed by atoms with Gasteiger partial charge in [-0.2, -0.15) is 0 Å². The summed E-state index contributed by atoms with van der Waals surface area (Å²) in [5, 5.41) is 0. The second kappa shape index (κ2) is 6.54. The van der Waals surface area contributed by atoms with Gasteiger partial charge in [0, 0.05) is 31.9 Å². The number of carbonyl (C=O) groups is 1. The van der Waals surface area contributed by atoms with Crippen molar-refractivity contribution in [3.63, 3.8) is 0 Å². The molecule has 4 rings (SSSR count). The predicted octanol–water partition coefficient (Wildman–Crippen LogP) is 4.50. The van der Waals surface area contributed by atoms with E-state index in [2.05, 4.69) is 35.6 Å². The third-order valence-corrected chi connectivity index (χ3v) is 6.60. The van der Waals surface area contributed by atoms with Gasteiger partial charge in [-0.1, -0.05) is 33.6 Å². The van der Waals surface area contributed by atoms with Gasteiger partial charge in [-0.25, -0.2) is 4.98 Å². The molecular formula is C22H33N3O. The van der Waals surface area contributed by atoms with Crippen LogP contribution >= 0.6 is 0 Å². The van der Waals surface area contributed by atoms with Crippen LogP contribution in [0.4, 0.5) is 5.82 Å². The highest BCUT2D eigenvalue weighted by Crippen LogP contribution is 2.52. The number of anilines is 1. The highest BCUT2D eigenvalue weighted by Gasteiger charge is 2.51. The van der Waals surface area contributed by atoms with Crippen LogP contribution < -0.4 is 4.90 Å². The minimum atomic E-state index is 0.173. The first-order valence-electron chi connectivity index (χ1n) is 10.4. The van der Waals surface area contributed by atoms with Gasteiger partial charge in [0.25, 0.3) is 5.91 Å². The molecule has 3 fully saturated rings. The number of amides is 1. The Morgan fingerprint density at radius 1 is 1.08 bits per heavy atom. The normalized spacial score (nSPS) is 31.0. The van der Waals surface area contributed by atoms with E-state index in [4.69, 9.17) is 0 Å². The number of aromatic nitrogens is 1. The van der Waals surface area contributed by atoms with E-state index in [0.717, 1.165) is 43.9 Å². The van der Waals surface area contributed by atoms with E-state index >= 15 is 0 Å². The molecular weight excluding hydrogens is 322 g/mol. The van der Waals surface area contributed by atoms with E-state index in [9.17, 15) is 4.79 Å². The van der Waals surface area contributed by atoms with Crippen molar-refractivity contribution in [3.05, 3.63) is 23.9 Å². The number of carbonyl (C=O) groups excluding carboxylic acids is 1. The Balaban J connectivity index is 1.48. The second-order valence-electron chi connectivity index (χ2n) is 9.95. The Morgan fingerprint density at radius 2 is 1.81 bits per heavy atom. The van der Waals surface area contributed by atoms with Crippen molar-refractivity contribution >= 4 is 11.7 Å². The number of rotatable bonds is 2. The van der Waals surface area contributed by atoms with Crippen molar-refractivity contribution in [1.82, 2.24) is 9.88 Å². The molecule has 0 N–H and O–H groups in total. The van der Waals surface area contributed by atoms with Crippen LogP contribution in [0.2, 0.25) is 0 Å². The van der Waals surface area contributed by atoms with Gasteiger partial charge >= 0.3 is 0 Å². The van der Waals surface area contributed by atoms with Gasteiger partial charge < -0.3 is 9.80 Å². The largest absolute Gasteiger partial charge is 0.357 e. The van der Waals surface area contributed by atoms with Crippen molar-refractivity contribution in [2.24, 2.45) is 10.8 Å². The lowest BCUT2D eigenvalue weighted by Crippen LogP contribution is -2.37. The van der Waals surface area contributed by atoms with Crippen LogP contribution in [0.5, 0.6) is 0 Å². The standard InChI is InChI=1S/C22H33N3O/c1-21(2)12-18-13-22(3,15-21)16-25(18)20(26)17-8-9-19(23-14-17)24-10-6-4-5-7-11-24/h8-9,14,18H,4-7,10-13,15-16H2,1-3H3. The van der Waals surface area contributed by atoms with Gasteiger partial charge in [0.15, 0.2) is 0 Å². The molecule has 3 heterocycles. The molecule has 1 aromatic rings. The Morgan fingerprint density at radius 3 is 2.46 bits per heavy atom.